The lowest BCUT2D eigenvalue weighted by atomic mass is 10.2. The predicted molar refractivity (Wildman–Crippen MR) is 55.1 cm³/mol. The van der Waals surface area contributed by atoms with Crippen LogP contribution in [0, 0.1) is 0 Å². The van der Waals surface area contributed by atoms with E-state index in [4.69, 9.17) is 11.6 Å². The molecule has 0 aromatic rings. The predicted octanol–water partition coefficient (Wildman–Crippen LogP) is 0.491. The molecule has 0 spiro atoms. The van der Waals surface area contributed by atoms with Gasteiger partial charge in [0.15, 0.2) is 5.12 Å². The van der Waals surface area contributed by atoms with Crippen LogP contribution in [-0.4, -0.2) is 58.1 Å². The molecule has 4 nitrogen and oxygen atoms in total. The zero-order valence-electron chi connectivity index (χ0n) is 8.19. The topological polar surface area (TPSA) is 13.0 Å². The van der Waals surface area contributed by atoms with Gasteiger partial charge in [-0.2, -0.15) is 0 Å². The number of nitrogens with zero attached hydrogens (tertiary/aromatic N) is 4. The van der Waals surface area contributed by atoms with Crippen LogP contribution in [0.1, 0.15) is 6.42 Å². The van der Waals surface area contributed by atoms with Crippen LogP contribution in [0.2, 0.25) is 0 Å². The number of rotatable bonds is 2. The molecule has 0 saturated carbocycles. The van der Waals surface area contributed by atoms with Gasteiger partial charge in [0, 0.05) is 6.42 Å². The van der Waals surface area contributed by atoms with E-state index in [9.17, 15) is 0 Å². The summed E-state index contributed by atoms with van der Waals surface area (Å²) in [5.41, 5.74) is 0. The Kier molecular flexibility index (Phi) is 1.91. The minimum atomic E-state index is -0.310. The van der Waals surface area contributed by atoms with Crippen LogP contribution in [-0.2, 0) is 0 Å². The van der Waals surface area contributed by atoms with Crippen molar-refractivity contribution in [2.24, 2.45) is 0 Å². The van der Waals surface area contributed by atoms with Crippen molar-refractivity contribution in [1.82, 2.24) is 19.6 Å². The zero-order chi connectivity index (χ0) is 9.76. The molecule has 0 unspecified atom stereocenters. The van der Waals surface area contributed by atoms with Crippen LogP contribution >= 0.6 is 11.6 Å². The Morgan fingerprint density at radius 2 is 1.57 bits per heavy atom. The van der Waals surface area contributed by atoms with E-state index in [1.807, 2.05) is 6.08 Å². The summed E-state index contributed by atoms with van der Waals surface area (Å²) in [4.78, 5) is 9.42. The van der Waals surface area contributed by atoms with Crippen molar-refractivity contribution in [3.05, 3.63) is 12.7 Å². The minimum absolute atomic E-state index is 0.310. The van der Waals surface area contributed by atoms with Crippen molar-refractivity contribution in [3.63, 3.8) is 0 Å². The molecule has 4 bridgehead atoms. The van der Waals surface area contributed by atoms with Crippen LogP contribution in [0.4, 0.5) is 0 Å². The van der Waals surface area contributed by atoms with Gasteiger partial charge in [-0.25, -0.2) is 9.80 Å². The molecule has 0 aromatic carbocycles. The molecule has 4 fully saturated rings. The number of halogens is 1. The average Bonchev–Trinajstić information content (AvgIpc) is 2.14. The average molecular weight is 215 g/mol. The molecular formula is C9H15ClN4. The summed E-state index contributed by atoms with van der Waals surface area (Å²) < 4.78 is 0. The molecule has 4 rings (SSSR count). The van der Waals surface area contributed by atoms with E-state index in [-0.39, 0.29) is 5.12 Å². The lowest BCUT2D eigenvalue weighted by molar-refractivity contribution is -0.246. The first-order valence-electron chi connectivity index (χ1n) is 4.97. The summed E-state index contributed by atoms with van der Waals surface area (Å²) in [6.07, 6.45) is 2.75. The second-order valence-electron chi connectivity index (χ2n) is 4.34. The second kappa shape index (κ2) is 2.93. The summed E-state index contributed by atoms with van der Waals surface area (Å²) in [6.45, 7) is 8.85. The molecule has 0 N–H and O–H groups in total. The van der Waals surface area contributed by atoms with Gasteiger partial charge in [0.2, 0.25) is 0 Å². The normalized spacial score (nSPS) is 54.9. The first-order chi connectivity index (χ1) is 6.72. The Morgan fingerprint density at radius 1 is 1.07 bits per heavy atom. The van der Waals surface area contributed by atoms with Gasteiger partial charge in [0.1, 0.15) is 0 Å². The third-order valence-electron chi connectivity index (χ3n) is 3.26. The highest BCUT2D eigenvalue weighted by atomic mass is 35.5. The molecule has 4 heterocycles. The number of hydrogen-bond donors (Lipinski definition) is 0. The van der Waals surface area contributed by atoms with E-state index in [0.29, 0.717) is 0 Å². The smallest absolute Gasteiger partial charge is 0.159 e. The summed E-state index contributed by atoms with van der Waals surface area (Å²) >= 11 is 6.66. The van der Waals surface area contributed by atoms with Gasteiger partial charge in [-0.1, -0.05) is 17.7 Å². The summed E-state index contributed by atoms with van der Waals surface area (Å²) in [5, 5.41) is -0.310. The maximum atomic E-state index is 6.66. The molecule has 0 aliphatic carbocycles. The second-order valence-corrected chi connectivity index (χ2v) is 4.95. The van der Waals surface area contributed by atoms with Crippen LogP contribution in [0.25, 0.3) is 0 Å². The molecule has 0 radical (unpaired) electrons. The van der Waals surface area contributed by atoms with Gasteiger partial charge in [0.25, 0.3) is 0 Å². The lowest BCUT2D eigenvalue weighted by Gasteiger charge is -2.63. The first-order valence-corrected chi connectivity index (χ1v) is 5.35. The van der Waals surface area contributed by atoms with Crippen molar-refractivity contribution in [2.75, 3.05) is 33.3 Å². The Hall–Kier alpha value is -0.130. The van der Waals surface area contributed by atoms with Crippen molar-refractivity contribution in [3.8, 4) is 0 Å². The monoisotopic (exact) mass is 214 g/mol. The van der Waals surface area contributed by atoms with Gasteiger partial charge in [-0.15, -0.1) is 6.58 Å². The molecule has 5 heteroatoms. The molecular weight excluding hydrogens is 200 g/mol. The van der Waals surface area contributed by atoms with Crippen LogP contribution in [0.5, 0.6) is 0 Å². The summed E-state index contributed by atoms with van der Waals surface area (Å²) in [7, 11) is 0. The van der Waals surface area contributed by atoms with E-state index in [0.717, 1.165) is 39.8 Å². The molecule has 4 saturated heterocycles. The fourth-order valence-corrected chi connectivity index (χ4v) is 3.00. The Labute approximate surface area is 89.3 Å². The van der Waals surface area contributed by atoms with E-state index in [1.165, 1.54) is 0 Å². The molecule has 4 aliphatic rings. The SMILES string of the molecule is C=CCC1(Cl)N2CN3CN(C2)CN1C3. The third kappa shape index (κ3) is 1.09. The molecule has 0 aromatic heterocycles. The van der Waals surface area contributed by atoms with Gasteiger partial charge in [-0.3, -0.25) is 9.80 Å². The molecule has 78 valence electrons. The van der Waals surface area contributed by atoms with Gasteiger partial charge in [0.05, 0.1) is 33.3 Å². The Bertz CT molecular complexity index is 240. The Morgan fingerprint density at radius 3 is 2.00 bits per heavy atom. The number of alkyl halides is 1. The van der Waals surface area contributed by atoms with Gasteiger partial charge in [-0.05, 0) is 0 Å². The summed E-state index contributed by atoms with van der Waals surface area (Å²) in [5.74, 6) is 0. The van der Waals surface area contributed by atoms with Gasteiger partial charge < -0.3 is 0 Å². The van der Waals surface area contributed by atoms with Crippen molar-refractivity contribution < 1.29 is 0 Å². The fourth-order valence-electron chi connectivity index (χ4n) is 2.68. The van der Waals surface area contributed by atoms with Crippen LogP contribution in [0.15, 0.2) is 12.7 Å². The lowest BCUT2D eigenvalue weighted by Crippen LogP contribution is -2.79. The highest BCUT2D eigenvalue weighted by Crippen LogP contribution is 2.39. The molecule has 4 aliphatic heterocycles. The largest absolute Gasteiger partial charge is 0.264 e. The molecule has 0 amide bonds. The standard InChI is InChI=1S/C9H15ClN4/c1-2-3-9(10)13-5-11-4-12(7-13)8-14(9)6-11/h2H,1,3-8H2. The van der Waals surface area contributed by atoms with E-state index >= 15 is 0 Å². The van der Waals surface area contributed by atoms with E-state index in [2.05, 4.69) is 26.2 Å². The maximum Gasteiger partial charge on any atom is 0.159 e. The first kappa shape index (κ1) is 9.12. The highest BCUT2D eigenvalue weighted by molar-refractivity contribution is 6.23. The van der Waals surface area contributed by atoms with Crippen molar-refractivity contribution in [2.45, 2.75) is 11.5 Å². The quantitative estimate of drug-likeness (QED) is 0.377. The Balaban J connectivity index is 1.90. The fraction of sp³-hybridized carbons (Fsp3) is 0.778. The molecule has 14 heavy (non-hydrogen) atoms. The maximum absolute atomic E-state index is 6.66. The highest BCUT2D eigenvalue weighted by Gasteiger charge is 2.51. The van der Waals surface area contributed by atoms with Crippen LogP contribution < -0.4 is 0 Å². The van der Waals surface area contributed by atoms with E-state index < -0.39 is 0 Å². The zero-order valence-corrected chi connectivity index (χ0v) is 8.95. The summed E-state index contributed by atoms with van der Waals surface area (Å²) in [6, 6.07) is 0. The molecule has 0 atom stereocenters. The van der Waals surface area contributed by atoms with Gasteiger partial charge >= 0.3 is 0 Å². The minimum Gasteiger partial charge on any atom is -0.264 e. The van der Waals surface area contributed by atoms with Crippen molar-refractivity contribution >= 4 is 11.6 Å². The number of hydrogen-bond acceptors (Lipinski definition) is 4. The van der Waals surface area contributed by atoms with Crippen LogP contribution in [0.3, 0.4) is 0 Å². The van der Waals surface area contributed by atoms with Crippen molar-refractivity contribution in [1.29, 1.82) is 0 Å². The third-order valence-corrected chi connectivity index (χ3v) is 3.89. The van der Waals surface area contributed by atoms with E-state index in [1.54, 1.807) is 0 Å².